The van der Waals surface area contributed by atoms with E-state index in [1.807, 2.05) is 37.3 Å². The van der Waals surface area contributed by atoms with E-state index in [4.69, 9.17) is 0 Å². The van der Waals surface area contributed by atoms with Gasteiger partial charge in [0.05, 0.1) is 6.07 Å². The number of nitrogens with zero attached hydrogens (tertiary/aromatic N) is 1. The highest BCUT2D eigenvalue weighted by molar-refractivity contribution is 6.14. The molecule has 0 radical (unpaired) electrons. The van der Waals surface area contributed by atoms with Crippen molar-refractivity contribution in [1.82, 2.24) is 0 Å². The van der Waals surface area contributed by atoms with Crippen LogP contribution in [0.15, 0.2) is 42.5 Å². The summed E-state index contributed by atoms with van der Waals surface area (Å²) in [6.45, 7) is 1.95. The molecule has 2 aromatic carbocycles. The van der Waals surface area contributed by atoms with Gasteiger partial charge < -0.3 is 0 Å². The highest BCUT2D eigenvalue weighted by atomic mass is 19.1. The lowest BCUT2D eigenvalue weighted by Crippen LogP contribution is -2.25. The van der Waals surface area contributed by atoms with Crippen LogP contribution in [0.25, 0.3) is 0 Å². The van der Waals surface area contributed by atoms with E-state index in [9.17, 15) is 19.2 Å². The van der Waals surface area contributed by atoms with E-state index in [0.717, 1.165) is 24.0 Å². The van der Waals surface area contributed by atoms with Crippen molar-refractivity contribution in [3.05, 3.63) is 70.5 Å². The lowest BCUT2D eigenvalue weighted by molar-refractivity contribution is -0.121. The van der Waals surface area contributed by atoms with Crippen molar-refractivity contribution in [2.24, 2.45) is 11.8 Å². The minimum atomic E-state index is -1.30. The van der Waals surface area contributed by atoms with Gasteiger partial charge in [-0.25, -0.2) is 4.39 Å². The topological polar surface area (TPSA) is 57.9 Å². The molecule has 1 saturated carbocycles. The fraction of sp³-hybridized carbons (Fsp3) is 0.286. The van der Waals surface area contributed by atoms with Gasteiger partial charge in [0, 0.05) is 11.5 Å². The molecule has 0 heterocycles. The summed E-state index contributed by atoms with van der Waals surface area (Å²) in [7, 11) is 0. The largest absolute Gasteiger partial charge is 0.297 e. The zero-order chi connectivity index (χ0) is 18.0. The Bertz CT molecular complexity index is 878. The predicted molar refractivity (Wildman–Crippen MR) is 91.5 cm³/mol. The van der Waals surface area contributed by atoms with Crippen LogP contribution in [0.3, 0.4) is 0 Å². The summed E-state index contributed by atoms with van der Waals surface area (Å²) >= 11 is 0. The Morgan fingerprint density at radius 2 is 1.92 bits per heavy atom. The number of rotatable bonds is 6. The van der Waals surface area contributed by atoms with Gasteiger partial charge in [-0.1, -0.05) is 24.3 Å². The second-order valence-corrected chi connectivity index (χ2v) is 6.51. The molecule has 25 heavy (non-hydrogen) atoms. The monoisotopic (exact) mass is 335 g/mol. The van der Waals surface area contributed by atoms with E-state index in [0.29, 0.717) is 12.0 Å². The number of carbonyl (C=O) groups is 2. The van der Waals surface area contributed by atoms with Crippen molar-refractivity contribution in [2.75, 3.05) is 0 Å². The van der Waals surface area contributed by atoms with Crippen LogP contribution < -0.4 is 0 Å². The fourth-order valence-electron chi connectivity index (χ4n) is 2.97. The van der Waals surface area contributed by atoms with Crippen molar-refractivity contribution < 1.29 is 14.0 Å². The Kier molecular flexibility index (Phi) is 4.76. The molecule has 0 spiro atoms. The minimum absolute atomic E-state index is 0.172. The quantitative estimate of drug-likeness (QED) is 0.591. The molecule has 126 valence electrons. The van der Waals surface area contributed by atoms with Gasteiger partial charge in [-0.3, -0.25) is 9.59 Å². The van der Waals surface area contributed by atoms with E-state index < -0.39 is 17.5 Å². The van der Waals surface area contributed by atoms with Gasteiger partial charge >= 0.3 is 0 Å². The molecule has 0 N–H and O–H groups in total. The summed E-state index contributed by atoms with van der Waals surface area (Å²) in [6.07, 6.45) is 1.86. The molecule has 0 aliphatic heterocycles. The van der Waals surface area contributed by atoms with Gasteiger partial charge in [0.25, 0.3) is 0 Å². The first kappa shape index (κ1) is 17.0. The predicted octanol–water partition coefficient (Wildman–Crippen LogP) is 4.03. The van der Waals surface area contributed by atoms with E-state index in [1.54, 1.807) is 0 Å². The normalized spacial score (nSPS) is 14.6. The molecule has 3 nitrogen and oxygen atoms in total. The molecule has 0 saturated heterocycles. The summed E-state index contributed by atoms with van der Waals surface area (Å²) in [4.78, 5) is 25.0. The molecule has 0 aromatic heterocycles. The van der Waals surface area contributed by atoms with Crippen LogP contribution >= 0.6 is 0 Å². The number of halogens is 1. The summed E-state index contributed by atoms with van der Waals surface area (Å²) < 4.78 is 13.8. The van der Waals surface area contributed by atoms with E-state index >= 15 is 0 Å². The summed E-state index contributed by atoms with van der Waals surface area (Å²) in [5, 5.41) is 9.32. The average Bonchev–Trinajstić information content (AvgIpc) is 3.42. The van der Waals surface area contributed by atoms with E-state index in [1.165, 1.54) is 18.2 Å². The van der Waals surface area contributed by atoms with Gasteiger partial charge in [0.15, 0.2) is 17.5 Å². The average molecular weight is 335 g/mol. The SMILES string of the molecule is Cc1ccccc1Cc1cc(F)ccc1C(=O)C(C#N)C(=O)C1CC1. The molecule has 1 aliphatic carbocycles. The molecule has 0 amide bonds. The first-order chi connectivity index (χ1) is 12.0. The van der Waals surface area contributed by atoms with Crippen LogP contribution in [0.4, 0.5) is 4.39 Å². The van der Waals surface area contributed by atoms with Crippen LogP contribution in [0.5, 0.6) is 0 Å². The molecular weight excluding hydrogens is 317 g/mol. The second-order valence-electron chi connectivity index (χ2n) is 6.51. The van der Waals surface area contributed by atoms with Gasteiger partial charge in [0.1, 0.15) is 5.82 Å². The van der Waals surface area contributed by atoms with Gasteiger partial charge in [-0.05, 0) is 61.1 Å². The molecular formula is C21H18FNO2. The van der Waals surface area contributed by atoms with Gasteiger partial charge in [-0.15, -0.1) is 0 Å². The van der Waals surface area contributed by atoms with Crippen LogP contribution in [0.2, 0.25) is 0 Å². The van der Waals surface area contributed by atoms with Crippen molar-refractivity contribution in [1.29, 1.82) is 5.26 Å². The molecule has 2 aromatic rings. The van der Waals surface area contributed by atoms with Crippen LogP contribution in [-0.2, 0) is 11.2 Å². The van der Waals surface area contributed by atoms with Crippen molar-refractivity contribution in [3.8, 4) is 6.07 Å². The van der Waals surface area contributed by atoms with Crippen molar-refractivity contribution >= 4 is 11.6 Å². The number of carbonyl (C=O) groups excluding carboxylic acids is 2. The fourth-order valence-corrected chi connectivity index (χ4v) is 2.97. The third kappa shape index (κ3) is 3.66. The maximum atomic E-state index is 13.8. The number of hydrogen-bond acceptors (Lipinski definition) is 3. The first-order valence-electron chi connectivity index (χ1n) is 8.31. The Labute approximate surface area is 146 Å². The Balaban J connectivity index is 1.96. The molecule has 4 heteroatoms. The zero-order valence-corrected chi connectivity index (χ0v) is 14.0. The number of aryl methyl sites for hydroxylation is 1. The van der Waals surface area contributed by atoms with E-state index in [-0.39, 0.29) is 17.3 Å². The molecule has 1 aliphatic rings. The van der Waals surface area contributed by atoms with Crippen LogP contribution in [-0.4, -0.2) is 11.6 Å². The Morgan fingerprint density at radius 3 is 2.56 bits per heavy atom. The lowest BCUT2D eigenvalue weighted by atomic mass is 9.88. The standard InChI is InChI=1S/C21H18FNO2/c1-13-4-2-3-5-15(13)10-16-11-17(22)8-9-18(16)21(25)19(12-23)20(24)14-6-7-14/h2-5,8-9,11,14,19H,6-7,10H2,1H3. The number of Topliss-reactive ketones (excluding diaryl/α,β-unsaturated/α-hetero) is 2. The van der Waals surface area contributed by atoms with Gasteiger partial charge in [0.2, 0.25) is 0 Å². The lowest BCUT2D eigenvalue weighted by Gasteiger charge is -2.13. The maximum absolute atomic E-state index is 13.8. The van der Waals surface area contributed by atoms with Crippen molar-refractivity contribution in [3.63, 3.8) is 0 Å². The molecule has 1 unspecified atom stereocenters. The van der Waals surface area contributed by atoms with E-state index in [2.05, 4.69) is 0 Å². The van der Waals surface area contributed by atoms with Crippen LogP contribution in [0, 0.1) is 35.9 Å². The summed E-state index contributed by atoms with van der Waals surface area (Å²) in [5.74, 6) is -2.74. The Hall–Kier alpha value is -2.80. The van der Waals surface area contributed by atoms with Crippen molar-refractivity contribution in [2.45, 2.75) is 26.2 Å². The molecule has 3 rings (SSSR count). The summed E-state index contributed by atoms with van der Waals surface area (Å²) in [6, 6.07) is 13.4. The minimum Gasteiger partial charge on any atom is -0.297 e. The highest BCUT2D eigenvalue weighted by Gasteiger charge is 2.39. The summed E-state index contributed by atoms with van der Waals surface area (Å²) in [5.41, 5.74) is 2.77. The third-order valence-electron chi connectivity index (χ3n) is 4.63. The maximum Gasteiger partial charge on any atom is 0.187 e. The van der Waals surface area contributed by atoms with Gasteiger partial charge in [-0.2, -0.15) is 5.26 Å². The number of ketones is 2. The molecule has 0 bridgehead atoms. The molecule has 1 fully saturated rings. The van der Waals surface area contributed by atoms with Crippen LogP contribution in [0.1, 0.15) is 39.9 Å². The first-order valence-corrected chi connectivity index (χ1v) is 8.31. The number of benzene rings is 2. The number of hydrogen-bond donors (Lipinski definition) is 0. The molecule has 1 atom stereocenters. The smallest absolute Gasteiger partial charge is 0.187 e. The zero-order valence-electron chi connectivity index (χ0n) is 14.0. The second kappa shape index (κ2) is 6.98. The third-order valence-corrected chi connectivity index (χ3v) is 4.63. The highest BCUT2D eigenvalue weighted by Crippen LogP contribution is 2.33. The number of nitriles is 1. The Morgan fingerprint density at radius 1 is 1.20 bits per heavy atom.